The van der Waals surface area contributed by atoms with Crippen LogP contribution in [0.1, 0.15) is 22.8 Å². The molecule has 0 bridgehead atoms. The highest BCUT2D eigenvalue weighted by molar-refractivity contribution is 5.99. The average molecular weight is 262 g/mol. The fourth-order valence-electron chi connectivity index (χ4n) is 2.08. The van der Waals surface area contributed by atoms with Crippen LogP contribution >= 0.6 is 0 Å². The van der Waals surface area contributed by atoms with Gasteiger partial charge in [0.05, 0.1) is 6.61 Å². The molecule has 2 rings (SSSR count). The number of nitrogens with zero attached hydrogens (tertiary/aromatic N) is 1. The largest absolute Gasteiger partial charge is 0.370 e. The Kier molecular flexibility index (Phi) is 4.16. The monoisotopic (exact) mass is 262 g/mol. The van der Waals surface area contributed by atoms with Gasteiger partial charge in [0.2, 0.25) is 0 Å². The van der Waals surface area contributed by atoms with Crippen LogP contribution in [-0.2, 0) is 9.53 Å². The second-order valence-corrected chi connectivity index (χ2v) is 4.46. The molecular weight excluding hydrogens is 244 g/mol. The van der Waals surface area contributed by atoms with Crippen molar-refractivity contribution in [2.24, 2.45) is 0 Å². The van der Waals surface area contributed by atoms with Crippen molar-refractivity contribution in [3.63, 3.8) is 0 Å². The van der Waals surface area contributed by atoms with Gasteiger partial charge in [-0.3, -0.25) is 9.59 Å². The van der Waals surface area contributed by atoms with Gasteiger partial charge in [0, 0.05) is 24.3 Å². The summed E-state index contributed by atoms with van der Waals surface area (Å²) in [5.41, 5.74) is 2.34. The van der Waals surface area contributed by atoms with Crippen LogP contribution in [0.4, 0.5) is 5.69 Å². The topological polar surface area (TPSA) is 58.6 Å². The number of nitrogens with one attached hydrogen (secondary N) is 1. The van der Waals surface area contributed by atoms with Gasteiger partial charge in [-0.1, -0.05) is 6.07 Å². The minimum atomic E-state index is -0.121. The molecule has 0 spiro atoms. The highest BCUT2D eigenvalue weighted by atomic mass is 16.5. The maximum atomic E-state index is 11.9. The molecule has 102 valence electrons. The molecule has 1 aromatic rings. The van der Waals surface area contributed by atoms with Gasteiger partial charge in [-0.2, -0.15) is 0 Å². The van der Waals surface area contributed by atoms with E-state index in [1.165, 1.54) is 0 Å². The van der Waals surface area contributed by atoms with Gasteiger partial charge in [-0.05, 0) is 31.5 Å². The molecule has 2 amide bonds. The molecule has 1 saturated heterocycles. The second-order valence-electron chi connectivity index (χ2n) is 4.46. The molecule has 0 saturated carbocycles. The predicted molar refractivity (Wildman–Crippen MR) is 72.4 cm³/mol. The van der Waals surface area contributed by atoms with Gasteiger partial charge in [0.25, 0.3) is 11.8 Å². The standard InChI is InChI=1S/C14H18N2O3/c1-3-15-14(18)11-5-4-10(2)12(8-11)16-6-7-19-9-13(16)17/h4-5,8H,3,6-7,9H2,1-2H3,(H,15,18). The normalized spacial score (nSPS) is 15.5. The SMILES string of the molecule is CCNC(=O)c1ccc(C)c(N2CCOCC2=O)c1. The summed E-state index contributed by atoms with van der Waals surface area (Å²) in [4.78, 5) is 25.4. The smallest absolute Gasteiger partial charge is 0.253 e. The molecule has 1 aromatic carbocycles. The number of hydrogen-bond donors (Lipinski definition) is 1. The van der Waals surface area contributed by atoms with E-state index in [4.69, 9.17) is 4.74 Å². The van der Waals surface area contributed by atoms with Crippen LogP contribution in [0.25, 0.3) is 0 Å². The van der Waals surface area contributed by atoms with E-state index in [0.717, 1.165) is 11.3 Å². The quantitative estimate of drug-likeness (QED) is 0.887. The Morgan fingerprint density at radius 2 is 2.26 bits per heavy atom. The number of ether oxygens (including phenoxy) is 1. The van der Waals surface area contributed by atoms with E-state index >= 15 is 0 Å². The van der Waals surface area contributed by atoms with Crippen LogP contribution in [0.2, 0.25) is 0 Å². The summed E-state index contributed by atoms with van der Waals surface area (Å²) in [6.07, 6.45) is 0. The molecule has 1 aliphatic heterocycles. The van der Waals surface area contributed by atoms with Crippen LogP contribution < -0.4 is 10.2 Å². The van der Waals surface area contributed by atoms with Crippen LogP contribution in [-0.4, -0.2) is 38.1 Å². The number of aryl methyl sites for hydroxylation is 1. The van der Waals surface area contributed by atoms with Crippen molar-refractivity contribution in [3.8, 4) is 0 Å². The molecule has 1 fully saturated rings. The Bertz CT molecular complexity index is 499. The summed E-state index contributed by atoms with van der Waals surface area (Å²) in [6.45, 7) is 5.54. The van der Waals surface area contributed by atoms with Crippen LogP contribution in [0.15, 0.2) is 18.2 Å². The predicted octanol–water partition coefficient (Wildman–Crippen LogP) is 1.11. The molecule has 1 N–H and O–H groups in total. The average Bonchev–Trinajstić information content (AvgIpc) is 2.40. The van der Waals surface area contributed by atoms with E-state index in [-0.39, 0.29) is 18.4 Å². The Hall–Kier alpha value is -1.88. The number of carbonyl (C=O) groups is 2. The van der Waals surface area contributed by atoms with Crippen molar-refractivity contribution in [1.82, 2.24) is 5.32 Å². The second kappa shape index (κ2) is 5.84. The highest BCUT2D eigenvalue weighted by Crippen LogP contribution is 2.23. The van der Waals surface area contributed by atoms with Crippen molar-refractivity contribution in [2.45, 2.75) is 13.8 Å². The van der Waals surface area contributed by atoms with Gasteiger partial charge < -0.3 is 15.0 Å². The van der Waals surface area contributed by atoms with Crippen molar-refractivity contribution in [2.75, 3.05) is 31.2 Å². The molecule has 1 heterocycles. The fourth-order valence-corrected chi connectivity index (χ4v) is 2.08. The van der Waals surface area contributed by atoms with E-state index in [1.54, 1.807) is 17.0 Å². The maximum absolute atomic E-state index is 11.9. The third-order valence-electron chi connectivity index (χ3n) is 3.09. The van der Waals surface area contributed by atoms with E-state index in [1.807, 2.05) is 19.9 Å². The Morgan fingerprint density at radius 3 is 2.95 bits per heavy atom. The first kappa shape index (κ1) is 13.5. The number of anilines is 1. The van der Waals surface area contributed by atoms with Crippen molar-refractivity contribution in [3.05, 3.63) is 29.3 Å². The zero-order valence-electron chi connectivity index (χ0n) is 11.2. The third kappa shape index (κ3) is 2.93. The summed E-state index contributed by atoms with van der Waals surface area (Å²) in [7, 11) is 0. The Labute approximate surface area is 112 Å². The summed E-state index contributed by atoms with van der Waals surface area (Å²) < 4.78 is 5.12. The first-order valence-corrected chi connectivity index (χ1v) is 6.40. The minimum Gasteiger partial charge on any atom is -0.370 e. The first-order chi connectivity index (χ1) is 9.13. The Morgan fingerprint density at radius 1 is 1.47 bits per heavy atom. The van der Waals surface area contributed by atoms with Gasteiger partial charge in [-0.25, -0.2) is 0 Å². The lowest BCUT2D eigenvalue weighted by Crippen LogP contribution is -2.42. The van der Waals surface area contributed by atoms with Crippen LogP contribution in [0.5, 0.6) is 0 Å². The summed E-state index contributed by atoms with van der Waals surface area (Å²) in [6, 6.07) is 5.40. The van der Waals surface area contributed by atoms with Crippen LogP contribution in [0, 0.1) is 6.92 Å². The van der Waals surface area contributed by atoms with Crippen molar-refractivity contribution in [1.29, 1.82) is 0 Å². The number of morpholine rings is 1. The van der Waals surface area contributed by atoms with Gasteiger partial charge in [-0.15, -0.1) is 0 Å². The van der Waals surface area contributed by atoms with Crippen molar-refractivity contribution < 1.29 is 14.3 Å². The van der Waals surface area contributed by atoms with Gasteiger partial charge >= 0.3 is 0 Å². The van der Waals surface area contributed by atoms with Crippen molar-refractivity contribution >= 4 is 17.5 Å². The van der Waals surface area contributed by atoms with Gasteiger partial charge in [0.1, 0.15) is 6.61 Å². The van der Waals surface area contributed by atoms with Gasteiger partial charge in [0.15, 0.2) is 0 Å². The molecule has 0 aliphatic carbocycles. The zero-order chi connectivity index (χ0) is 13.8. The van der Waals surface area contributed by atoms with E-state index < -0.39 is 0 Å². The highest BCUT2D eigenvalue weighted by Gasteiger charge is 2.22. The molecule has 1 aliphatic rings. The maximum Gasteiger partial charge on any atom is 0.253 e. The molecule has 5 heteroatoms. The molecule has 0 atom stereocenters. The van der Waals surface area contributed by atoms with E-state index in [9.17, 15) is 9.59 Å². The third-order valence-corrected chi connectivity index (χ3v) is 3.09. The Balaban J connectivity index is 2.31. The lowest BCUT2D eigenvalue weighted by Gasteiger charge is -2.28. The molecular formula is C14H18N2O3. The molecule has 19 heavy (non-hydrogen) atoms. The van der Waals surface area contributed by atoms with E-state index in [2.05, 4.69) is 5.32 Å². The number of rotatable bonds is 3. The summed E-state index contributed by atoms with van der Waals surface area (Å²) in [5.74, 6) is -0.188. The summed E-state index contributed by atoms with van der Waals surface area (Å²) >= 11 is 0. The number of benzene rings is 1. The fraction of sp³-hybridized carbons (Fsp3) is 0.429. The first-order valence-electron chi connectivity index (χ1n) is 6.40. The zero-order valence-corrected chi connectivity index (χ0v) is 11.2. The minimum absolute atomic E-state index is 0.0672. The molecule has 0 aromatic heterocycles. The number of amides is 2. The van der Waals surface area contributed by atoms with E-state index in [0.29, 0.717) is 25.3 Å². The summed E-state index contributed by atoms with van der Waals surface area (Å²) in [5, 5.41) is 2.76. The molecule has 0 radical (unpaired) electrons. The molecule has 5 nitrogen and oxygen atoms in total. The lowest BCUT2D eigenvalue weighted by molar-refractivity contribution is -0.125. The van der Waals surface area contributed by atoms with Crippen LogP contribution in [0.3, 0.4) is 0 Å². The number of hydrogen-bond acceptors (Lipinski definition) is 3. The lowest BCUT2D eigenvalue weighted by atomic mass is 10.1. The molecule has 0 unspecified atom stereocenters. The number of carbonyl (C=O) groups excluding carboxylic acids is 2.